The number of halogens is 1. The summed E-state index contributed by atoms with van der Waals surface area (Å²) in [5, 5.41) is 9.53. The van der Waals surface area contributed by atoms with Gasteiger partial charge in [0.05, 0.1) is 10.9 Å². The van der Waals surface area contributed by atoms with Gasteiger partial charge in [-0.1, -0.05) is 37.6 Å². The van der Waals surface area contributed by atoms with E-state index in [1.54, 1.807) is 6.92 Å². The van der Waals surface area contributed by atoms with E-state index in [4.69, 9.17) is 16.7 Å². The van der Waals surface area contributed by atoms with Crippen molar-refractivity contribution in [2.24, 2.45) is 5.92 Å². The zero-order valence-electron chi connectivity index (χ0n) is 8.61. The number of benzene rings is 1. The molecule has 1 aromatic rings. The minimum Gasteiger partial charge on any atom is -0.481 e. The fraction of sp³-hybridized carbons (Fsp3) is 0.364. The maximum atomic E-state index is 10.8. The van der Waals surface area contributed by atoms with Crippen LogP contribution >= 0.6 is 23.4 Å². The van der Waals surface area contributed by atoms with Crippen LogP contribution in [0.15, 0.2) is 29.2 Å². The van der Waals surface area contributed by atoms with E-state index in [0.717, 1.165) is 4.90 Å². The Morgan fingerprint density at radius 1 is 1.40 bits per heavy atom. The summed E-state index contributed by atoms with van der Waals surface area (Å²) in [5.74, 6) is -1.16. The van der Waals surface area contributed by atoms with Crippen LogP contribution in [-0.2, 0) is 4.79 Å². The quantitative estimate of drug-likeness (QED) is 0.824. The Hall–Kier alpha value is -0.670. The SMILES string of the molecule is CC(Sc1ccccc1Cl)C(C)C(=O)O. The standard InChI is InChI=1S/C11H13ClO2S/c1-7(11(13)14)8(2)15-10-6-4-3-5-9(10)12/h3-8H,1-2H3,(H,13,14). The van der Waals surface area contributed by atoms with Gasteiger partial charge in [-0.25, -0.2) is 0 Å². The molecule has 0 spiro atoms. The Bertz CT molecular complexity index is 354. The van der Waals surface area contributed by atoms with Crippen molar-refractivity contribution < 1.29 is 9.90 Å². The number of thioether (sulfide) groups is 1. The van der Waals surface area contributed by atoms with Crippen LogP contribution in [0.1, 0.15) is 13.8 Å². The molecule has 15 heavy (non-hydrogen) atoms. The third-order valence-corrected chi connectivity index (χ3v) is 4.07. The first kappa shape index (κ1) is 12.4. The number of carboxylic acids is 1. The molecule has 82 valence electrons. The number of hydrogen-bond donors (Lipinski definition) is 1. The molecule has 0 aliphatic rings. The first-order valence-electron chi connectivity index (χ1n) is 4.66. The molecule has 2 unspecified atom stereocenters. The van der Waals surface area contributed by atoms with Gasteiger partial charge in [-0.15, -0.1) is 11.8 Å². The lowest BCUT2D eigenvalue weighted by molar-refractivity contribution is -0.140. The highest BCUT2D eigenvalue weighted by Gasteiger charge is 2.20. The summed E-state index contributed by atoms with van der Waals surface area (Å²) < 4.78 is 0. The van der Waals surface area contributed by atoms with E-state index >= 15 is 0 Å². The molecule has 1 N–H and O–H groups in total. The molecule has 1 aromatic carbocycles. The van der Waals surface area contributed by atoms with E-state index in [1.807, 2.05) is 31.2 Å². The van der Waals surface area contributed by atoms with Gasteiger partial charge < -0.3 is 5.11 Å². The molecule has 0 fully saturated rings. The predicted molar refractivity (Wildman–Crippen MR) is 63.6 cm³/mol. The predicted octanol–water partition coefficient (Wildman–Crippen LogP) is 3.54. The average molecular weight is 245 g/mol. The van der Waals surface area contributed by atoms with Gasteiger partial charge in [0.1, 0.15) is 0 Å². The lowest BCUT2D eigenvalue weighted by Crippen LogP contribution is -2.19. The second-order valence-electron chi connectivity index (χ2n) is 3.38. The molecule has 0 radical (unpaired) electrons. The molecule has 2 atom stereocenters. The molecule has 1 rings (SSSR count). The molecule has 0 heterocycles. The van der Waals surface area contributed by atoms with Gasteiger partial charge >= 0.3 is 5.97 Å². The second kappa shape index (κ2) is 5.42. The van der Waals surface area contributed by atoms with E-state index < -0.39 is 5.97 Å². The normalized spacial score (nSPS) is 14.6. The lowest BCUT2D eigenvalue weighted by atomic mass is 10.1. The van der Waals surface area contributed by atoms with Crippen LogP contribution in [0.4, 0.5) is 0 Å². The van der Waals surface area contributed by atoms with Crippen LogP contribution in [-0.4, -0.2) is 16.3 Å². The summed E-state index contributed by atoms with van der Waals surface area (Å²) in [6.07, 6.45) is 0. The minimum atomic E-state index is -0.776. The number of hydrogen-bond acceptors (Lipinski definition) is 2. The molecule has 0 aromatic heterocycles. The van der Waals surface area contributed by atoms with E-state index in [1.165, 1.54) is 11.8 Å². The molecule has 4 heteroatoms. The molecular weight excluding hydrogens is 232 g/mol. The Kier molecular flexibility index (Phi) is 4.48. The fourth-order valence-electron chi connectivity index (χ4n) is 1.04. The van der Waals surface area contributed by atoms with E-state index in [-0.39, 0.29) is 11.2 Å². The van der Waals surface area contributed by atoms with Crippen molar-refractivity contribution in [1.82, 2.24) is 0 Å². The number of carboxylic acid groups (broad SMARTS) is 1. The van der Waals surface area contributed by atoms with Crippen LogP contribution in [0, 0.1) is 5.92 Å². The van der Waals surface area contributed by atoms with Gasteiger partial charge in [-0.3, -0.25) is 4.79 Å². The molecular formula is C11H13ClO2S. The van der Waals surface area contributed by atoms with Crippen molar-refractivity contribution in [2.75, 3.05) is 0 Å². The smallest absolute Gasteiger partial charge is 0.307 e. The third kappa shape index (κ3) is 3.43. The van der Waals surface area contributed by atoms with Gasteiger partial charge in [0.2, 0.25) is 0 Å². The van der Waals surface area contributed by atoms with Crippen molar-refractivity contribution in [2.45, 2.75) is 24.0 Å². The topological polar surface area (TPSA) is 37.3 Å². The number of aliphatic carboxylic acids is 1. The zero-order valence-corrected chi connectivity index (χ0v) is 10.2. The Morgan fingerprint density at radius 2 is 2.00 bits per heavy atom. The van der Waals surface area contributed by atoms with Gasteiger partial charge in [0.25, 0.3) is 0 Å². The molecule has 0 saturated carbocycles. The summed E-state index contributed by atoms with van der Waals surface area (Å²) >= 11 is 7.48. The van der Waals surface area contributed by atoms with Gasteiger partial charge in [0.15, 0.2) is 0 Å². The van der Waals surface area contributed by atoms with Crippen molar-refractivity contribution in [1.29, 1.82) is 0 Å². The van der Waals surface area contributed by atoms with Crippen LogP contribution in [0.5, 0.6) is 0 Å². The Labute approximate surface area is 98.6 Å². The van der Waals surface area contributed by atoms with Crippen LogP contribution in [0.2, 0.25) is 5.02 Å². The average Bonchev–Trinajstić information content (AvgIpc) is 2.20. The summed E-state index contributed by atoms with van der Waals surface area (Å²) in [6.45, 7) is 3.60. The molecule has 2 nitrogen and oxygen atoms in total. The molecule has 0 aliphatic carbocycles. The van der Waals surface area contributed by atoms with Crippen molar-refractivity contribution in [3.8, 4) is 0 Å². The highest BCUT2D eigenvalue weighted by atomic mass is 35.5. The van der Waals surface area contributed by atoms with Crippen molar-refractivity contribution in [3.05, 3.63) is 29.3 Å². The van der Waals surface area contributed by atoms with E-state index in [2.05, 4.69) is 0 Å². The van der Waals surface area contributed by atoms with Crippen molar-refractivity contribution in [3.63, 3.8) is 0 Å². The second-order valence-corrected chi connectivity index (χ2v) is 5.21. The summed E-state index contributed by atoms with van der Waals surface area (Å²) in [4.78, 5) is 11.7. The molecule has 0 aliphatic heterocycles. The van der Waals surface area contributed by atoms with E-state index in [9.17, 15) is 4.79 Å². The first-order chi connectivity index (χ1) is 7.02. The number of rotatable bonds is 4. The zero-order chi connectivity index (χ0) is 11.4. The molecule has 0 saturated heterocycles. The van der Waals surface area contributed by atoms with Crippen LogP contribution < -0.4 is 0 Å². The lowest BCUT2D eigenvalue weighted by Gasteiger charge is -2.15. The molecule has 0 bridgehead atoms. The van der Waals surface area contributed by atoms with Gasteiger partial charge in [-0.05, 0) is 12.1 Å². The number of carbonyl (C=O) groups is 1. The van der Waals surface area contributed by atoms with Gasteiger partial charge in [-0.2, -0.15) is 0 Å². The maximum absolute atomic E-state index is 10.8. The Balaban J connectivity index is 2.70. The van der Waals surface area contributed by atoms with Crippen LogP contribution in [0.25, 0.3) is 0 Å². The summed E-state index contributed by atoms with van der Waals surface area (Å²) in [5.41, 5.74) is 0. The van der Waals surface area contributed by atoms with Crippen molar-refractivity contribution >= 4 is 29.3 Å². The summed E-state index contributed by atoms with van der Waals surface area (Å²) in [6, 6.07) is 7.46. The largest absolute Gasteiger partial charge is 0.481 e. The summed E-state index contributed by atoms with van der Waals surface area (Å²) in [7, 11) is 0. The first-order valence-corrected chi connectivity index (χ1v) is 5.92. The third-order valence-electron chi connectivity index (χ3n) is 2.24. The fourth-order valence-corrected chi connectivity index (χ4v) is 2.37. The van der Waals surface area contributed by atoms with Crippen LogP contribution in [0.3, 0.4) is 0 Å². The highest BCUT2D eigenvalue weighted by molar-refractivity contribution is 8.00. The maximum Gasteiger partial charge on any atom is 0.307 e. The molecule has 0 amide bonds. The minimum absolute atomic E-state index is 0.00222. The Morgan fingerprint density at radius 3 is 2.53 bits per heavy atom. The highest BCUT2D eigenvalue weighted by Crippen LogP contribution is 2.32. The van der Waals surface area contributed by atoms with Gasteiger partial charge in [0, 0.05) is 10.1 Å². The van der Waals surface area contributed by atoms with E-state index in [0.29, 0.717) is 5.02 Å². The monoisotopic (exact) mass is 244 g/mol.